The van der Waals surface area contributed by atoms with Crippen molar-refractivity contribution in [3.8, 4) is 0 Å². The Hall–Kier alpha value is -0.830. The standard InChI is InChI=1S/C12H18O3/c1-2-3-10(13)15-11(14)12-6-4-9(8-12)5-7-12/h4,6,9-10,13H,2-3,5,7-8H2,1H3. The molecule has 2 aliphatic rings. The molecule has 1 fully saturated rings. The summed E-state index contributed by atoms with van der Waals surface area (Å²) in [5, 5.41) is 9.44. The molecule has 0 radical (unpaired) electrons. The summed E-state index contributed by atoms with van der Waals surface area (Å²) in [4.78, 5) is 11.9. The number of aliphatic hydroxyl groups is 1. The molecule has 0 heterocycles. The summed E-state index contributed by atoms with van der Waals surface area (Å²) >= 11 is 0. The van der Waals surface area contributed by atoms with Crippen molar-refractivity contribution in [3.63, 3.8) is 0 Å². The van der Waals surface area contributed by atoms with Gasteiger partial charge < -0.3 is 9.84 Å². The van der Waals surface area contributed by atoms with E-state index in [1.807, 2.05) is 13.0 Å². The van der Waals surface area contributed by atoms with Crippen LogP contribution in [0.4, 0.5) is 0 Å². The zero-order valence-corrected chi connectivity index (χ0v) is 9.11. The second-order valence-electron chi connectivity index (χ2n) is 4.67. The fourth-order valence-electron chi connectivity index (χ4n) is 2.55. The molecule has 3 nitrogen and oxygen atoms in total. The zero-order valence-electron chi connectivity index (χ0n) is 9.11. The minimum Gasteiger partial charge on any atom is -0.435 e. The first-order valence-electron chi connectivity index (χ1n) is 5.75. The average Bonchev–Trinajstić information content (AvgIpc) is 2.78. The van der Waals surface area contributed by atoms with Crippen LogP contribution < -0.4 is 0 Å². The Morgan fingerprint density at radius 3 is 3.00 bits per heavy atom. The van der Waals surface area contributed by atoms with E-state index < -0.39 is 11.7 Å². The van der Waals surface area contributed by atoms with Gasteiger partial charge in [0.2, 0.25) is 6.29 Å². The third-order valence-electron chi connectivity index (χ3n) is 3.46. The van der Waals surface area contributed by atoms with Crippen LogP contribution in [0, 0.1) is 11.3 Å². The first-order chi connectivity index (χ1) is 7.16. The fourth-order valence-corrected chi connectivity index (χ4v) is 2.55. The number of carbonyl (C=O) groups is 1. The van der Waals surface area contributed by atoms with Gasteiger partial charge in [0.05, 0.1) is 5.41 Å². The fraction of sp³-hybridized carbons (Fsp3) is 0.750. The largest absolute Gasteiger partial charge is 0.435 e. The van der Waals surface area contributed by atoms with E-state index in [1.54, 1.807) is 0 Å². The van der Waals surface area contributed by atoms with Crippen molar-refractivity contribution in [2.75, 3.05) is 0 Å². The minimum absolute atomic E-state index is 0.236. The molecule has 2 aliphatic carbocycles. The number of ether oxygens (including phenoxy) is 1. The van der Waals surface area contributed by atoms with Crippen LogP contribution in [0.25, 0.3) is 0 Å². The number of carbonyl (C=O) groups excluding carboxylic acids is 1. The van der Waals surface area contributed by atoms with Gasteiger partial charge >= 0.3 is 5.97 Å². The Bertz CT molecular complexity index is 285. The van der Waals surface area contributed by atoms with E-state index in [1.165, 1.54) is 0 Å². The minimum atomic E-state index is -0.926. The SMILES string of the molecule is CCCC(O)OC(=O)C12C=CC(CC1)C2. The lowest BCUT2D eigenvalue weighted by Gasteiger charge is -2.23. The Morgan fingerprint density at radius 2 is 2.53 bits per heavy atom. The molecule has 15 heavy (non-hydrogen) atoms. The predicted octanol–water partition coefficient (Wildman–Crippen LogP) is 2.00. The molecule has 3 heteroatoms. The highest BCUT2D eigenvalue weighted by atomic mass is 16.6. The zero-order chi connectivity index (χ0) is 10.9. The Kier molecular flexibility index (Phi) is 2.83. The maximum absolute atomic E-state index is 11.9. The number of allylic oxidation sites excluding steroid dienone is 1. The summed E-state index contributed by atoms with van der Waals surface area (Å²) in [6.45, 7) is 1.95. The molecule has 2 bridgehead atoms. The molecule has 0 spiro atoms. The molecule has 0 aromatic heterocycles. The Morgan fingerprint density at radius 1 is 1.73 bits per heavy atom. The van der Waals surface area contributed by atoms with Gasteiger partial charge in [0.15, 0.2) is 0 Å². The highest BCUT2D eigenvalue weighted by molar-refractivity contribution is 5.80. The van der Waals surface area contributed by atoms with E-state index in [2.05, 4.69) is 6.08 Å². The van der Waals surface area contributed by atoms with Crippen molar-refractivity contribution in [1.29, 1.82) is 0 Å². The average molecular weight is 210 g/mol. The number of rotatable bonds is 4. The molecular weight excluding hydrogens is 192 g/mol. The van der Waals surface area contributed by atoms with Crippen molar-refractivity contribution >= 4 is 5.97 Å². The highest BCUT2D eigenvalue weighted by Crippen LogP contribution is 2.49. The van der Waals surface area contributed by atoms with Crippen LogP contribution in [-0.2, 0) is 9.53 Å². The maximum Gasteiger partial charge on any atom is 0.318 e. The number of aliphatic hydroxyl groups excluding tert-OH is 1. The number of hydrogen-bond acceptors (Lipinski definition) is 3. The van der Waals surface area contributed by atoms with Crippen molar-refractivity contribution in [2.45, 2.75) is 45.3 Å². The monoisotopic (exact) mass is 210 g/mol. The van der Waals surface area contributed by atoms with E-state index in [-0.39, 0.29) is 5.97 Å². The molecule has 0 aliphatic heterocycles. The van der Waals surface area contributed by atoms with Gasteiger partial charge in [0, 0.05) is 6.42 Å². The number of esters is 1. The second kappa shape index (κ2) is 3.97. The third-order valence-corrected chi connectivity index (χ3v) is 3.46. The lowest BCUT2D eigenvalue weighted by Crippen LogP contribution is -2.31. The van der Waals surface area contributed by atoms with Gasteiger partial charge in [0.1, 0.15) is 0 Å². The molecule has 3 unspecified atom stereocenters. The molecule has 84 valence electrons. The van der Waals surface area contributed by atoms with Gasteiger partial charge in [-0.1, -0.05) is 25.5 Å². The molecule has 3 atom stereocenters. The van der Waals surface area contributed by atoms with E-state index in [9.17, 15) is 9.90 Å². The van der Waals surface area contributed by atoms with Crippen LogP contribution in [0.1, 0.15) is 39.0 Å². The summed E-state index contributed by atoms with van der Waals surface area (Å²) in [7, 11) is 0. The molecule has 2 rings (SSSR count). The van der Waals surface area contributed by atoms with Gasteiger partial charge in [-0.05, 0) is 25.2 Å². The van der Waals surface area contributed by atoms with Gasteiger partial charge in [0.25, 0.3) is 0 Å². The molecule has 0 saturated heterocycles. The number of fused-ring (bicyclic) bond motifs is 2. The molecule has 1 N–H and O–H groups in total. The van der Waals surface area contributed by atoms with Crippen molar-refractivity contribution < 1.29 is 14.6 Å². The van der Waals surface area contributed by atoms with Crippen molar-refractivity contribution in [1.82, 2.24) is 0 Å². The Balaban J connectivity index is 1.94. The lowest BCUT2D eigenvalue weighted by atomic mass is 9.88. The molecule has 1 saturated carbocycles. The van der Waals surface area contributed by atoms with Crippen molar-refractivity contribution in [2.24, 2.45) is 11.3 Å². The quantitative estimate of drug-likeness (QED) is 0.438. The summed E-state index contributed by atoms with van der Waals surface area (Å²) in [6.07, 6.45) is 7.34. The van der Waals surface area contributed by atoms with Crippen LogP contribution in [0.5, 0.6) is 0 Å². The summed E-state index contributed by atoms with van der Waals surface area (Å²) in [6, 6.07) is 0. The van der Waals surface area contributed by atoms with E-state index >= 15 is 0 Å². The van der Waals surface area contributed by atoms with E-state index in [0.29, 0.717) is 12.3 Å². The summed E-state index contributed by atoms with van der Waals surface area (Å²) < 4.78 is 5.06. The topological polar surface area (TPSA) is 46.5 Å². The summed E-state index contributed by atoms with van der Waals surface area (Å²) in [5.74, 6) is 0.320. The van der Waals surface area contributed by atoms with Crippen LogP contribution in [0.2, 0.25) is 0 Å². The van der Waals surface area contributed by atoms with Crippen LogP contribution in [0.15, 0.2) is 12.2 Å². The van der Waals surface area contributed by atoms with Gasteiger partial charge in [-0.25, -0.2) is 0 Å². The van der Waals surface area contributed by atoms with Gasteiger partial charge in [-0.15, -0.1) is 0 Å². The number of hydrogen-bond donors (Lipinski definition) is 1. The van der Waals surface area contributed by atoms with Crippen molar-refractivity contribution in [3.05, 3.63) is 12.2 Å². The van der Waals surface area contributed by atoms with Crippen LogP contribution in [-0.4, -0.2) is 17.4 Å². The molecule has 0 amide bonds. The normalized spacial score (nSPS) is 34.4. The van der Waals surface area contributed by atoms with Crippen LogP contribution >= 0.6 is 0 Å². The first-order valence-corrected chi connectivity index (χ1v) is 5.75. The Labute approximate surface area is 90.1 Å². The van der Waals surface area contributed by atoms with Crippen LogP contribution in [0.3, 0.4) is 0 Å². The highest BCUT2D eigenvalue weighted by Gasteiger charge is 2.48. The van der Waals surface area contributed by atoms with Gasteiger partial charge in [-0.3, -0.25) is 4.79 Å². The molecule has 0 aromatic carbocycles. The summed E-state index contributed by atoms with van der Waals surface area (Å²) in [5.41, 5.74) is -0.403. The first kappa shape index (κ1) is 10.7. The van der Waals surface area contributed by atoms with Gasteiger partial charge in [-0.2, -0.15) is 0 Å². The molecular formula is C12H18O3. The maximum atomic E-state index is 11.9. The lowest BCUT2D eigenvalue weighted by molar-refractivity contribution is -0.177. The van der Waals surface area contributed by atoms with E-state index in [0.717, 1.165) is 25.7 Å². The second-order valence-corrected chi connectivity index (χ2v) is 4.67. The third kappa shape index (κ3) is 1.93. The molecule has 0 aromatic rings. The van der Waals surface area contributed by atoms with E-state index in [4.69, 9.17) is 4.74 Å². The smallest absolute Gasteiger partial charge is 0.318 e. The predicted molar refractivity (Wildman–Crippen MR) is 55.9 cm³/mol.